The highest BCUT2D eigenvalue weighted by atomic mass is 19.1. The van der Waals surface area contributed by atoms with Crippen molar-refractivity contribution in [2.75, 3.05) is 0 Å². The van der Waals surface area contributed by atoms with E-state index in [9.17, 15) is 23.2 Å². The number of nitrogens with two attached hydrogens (primary N) is 1. The van der Waals surface area contributed by atoms with Crippen LogP contribution in [0.5, 0.6) is 0 Å². The van der Waals surface area contributed by atoms with E-state index in [0.717, 1.165) is 17.7 Å². The van der Waals surface area contributed by atoms with Gasteiger partial charge in [0, 0.05) is 6.07 Å². The van der Waals surface area contributed by atoms with Crippen molar-refractivity contribution in [1.82, 2.24) is 5.32 Å². The van der Waals surface area contributed by atoms with Crippen molar-refractivity contribution in [1.29, 1.82) is 0 Å². The fraction of sp³-hybridized carbons (Fsp3) is 0.211. The number of halogens is 2. The maximum absolute atomic E-state index is 13.2. The first-order valence-corrected chi connectivity index (χ1v) is 8.06. The van der Waals surface area contributed by atoms with Gasteiger partial charge in [0.1, 0.15) is 24.3 Å². The Labute approximate surface area is 154 Å². The fourth-order valence-electron chi connectivity index (χ4n) is 2.33. The number of nitrogens with one attached hydrogen (secondary N) is 1. The molecule has 2 rings (SSSR count). The van der Waals surface area contributed by atoms with E-state index in [4.69, 9.17) is 10.5 Å². The van der Waals surface area contributed by atoms with Crippen molar-refractivity contribution in [3.8, 4) is 0 Å². The van der Waals surface area contributed by atoms with E-state index < -0.39 is 41.9 Å². The van der Waals surface area contributed by atoms with Crippen LogP contribution in [0.1, 0.15) is 17.5 Å². The molecule has 27 heavy (non-hydrogen) atoms. The standard InChI is InChI=1S/C19H18F2N2O4/c20-14-6-13(7-15(21)9-14)8-17(24)23-16(19(22)26)10-18(25)27-11-12-4-2-1-3-5-12/h1-7,9,16H,8,10-11H2,(H2,22,26)(H,23,24)/t16-/m0/s1. The highest BCUT2D eigenvalue weighted by molar-refractivity contribution is 5.90. The van der Waals surface area contributed by atoms with Gasteiger partial charge in [0.15, 0.2) is 0 Å². The molecule has 0 aliphatic carbocycles. The molecule has 0 aliphatic rings. The van der Waals surface area contributed by atoms with Gasteiger partial charge in [-0.15, -0.1) is 0 Å². The van der Waals surface area contributed by atoms with Gasteiger partial charge < -0.3 is 15.8 Å². The summed E-state index contributed by atoms with van der Waals surface area (Å²) in [6.07, 6.45) is -0.830. The van der Waals surface area contributed by atoms with Crippen LogP contribution in [-0.4, -0.2) is 23.8 Å². The van der Waals surface area contributed by atoms with Crippen LogP contribution in [0.4, 0.5) is 8.78 Å². The molecule has 0 spiro atoms. The van der Waals surface area contributed by atoms with Crippen molar-refractivity contribution in [3.63, 3.8) is 0 Å². The quantitative estimate of drug-likeness (QED) is 0.684. The first kappa shape index (κ1) is 20.0. The molecule has 2 aromatic carbocycles. The van der Waals surface area contributed by atoms with Crippen LogP contribution in [0.3, 0.4) is 0 Å². The lowest BCUT2D eigenvalue weighted by molar-refractivity contribution is -0.147. The summed E-state index contributed by atoms with van der Waals surface area (Å²) < 4.78 is 31.4. The van der Waals surface area contributed by atoms with Crippen LogP contribution in [-0.2, 0) is 32.1 Å². The summed E-state index contributed by atoms with van der Waals surface area (Å²) in [5, 5.41) is 2.27. The Kier molecular flexibility index (Phi) is 6.99. The first-order chi connectivity index (χ1) is 12.8. The van der Waals surface area contributed by atoms with Gasteiger partial charge in [-0.05, 0) is 23.3 Å². The summed E-state index contributed by atoms with van der Waals surface area (Å²) in [5.74, 6) is -4.01. The summed E-state index contributed by atoms with van der Waals surface area (Å²) in [6.45, 7) is 0.0155. The molecule has 0 heterocycles. The molecule has 3 N–H and O–H groups in total. The Morgan fingerprint density at radius 3 is 2.22 bits per heavy atom. The molecule has 0 saturated carbocycles. The van der Waals surface area contributed by atoms with E-state index in [0.29, 0.717) is 6.07 Å². The number of hydrogen-bond acceptors (Lipinski definition) is 4. The van der Waals surface area contributed by atoms with Gasteiger partial charge in [-0.25, -0.2) is 8.78 Å². The van der Waals surface area contributed by atoms with E-state index in [-0.39, 0.29) is 18.6 Å². The molecule has 8 heteroatoms. The van der Waals surface area contributed by atoms with Crippen LogP contribution >= 0.6 is 0 Å². The Bertz CT molecular complexity index is 807. The fourth-order valence-corrected chi connectivity index (χ4v) is 2.33. The van der Waals surface area contributed by atoms with Gasteiger partial charge in [0.25, 0.3) is 0 Å². The van der Waals surface area contributed by atoms with Gasteiger partial charge in [0.2, 0.25) is 11.8 Å². The molecule has 1 atom stereocenters. The van der Waals surface area contributed by atoms with Crippen molar-refractivity contribution in [2.45, 2.75) is 25.5 Å². The Hall–Kier alpha value is -3.29. The van der Waals surface area contributed by atoms with Crippen molar-refractivity contribution < 1.29 is 27.9 Å². The van der Waals surface area contributed by atoms with Gasteiger partial charge in [0.05, 0.1) is 12.8 Å². The summed E-state index contributed by atoms with van der Waals surface area (Å²) >= 11 is 0. The minimum atomic E-state index is -1.29. The average molecular weight is 376 g/mol. The minimum Gasteiger partial charge on any atom is -0.461 e. The van der Waals surface area contributed by atoms with Crippen molar-refractivity contribution in [2.24, 2.45) is 5.73 Å². The number of carbonyl (C=O) groups is 3. The average Bonchev–Trinajstić information content (AvgIpc) is 2.59. The summed E-state index contributed by atoms with van der Waals surface area (Å²) in [6, 6.07) is 10.3. The lowest BCUT2D eigenvalue weighted by atomic mass is 10.1. The van der Waals surface area contributed by atoms with E-state index in [1.54, 1.807) is 24.3 Å². The Morgan fingerprint density at radius 1 is 1.00 bits per heavy atom. The van der Waals surface area contributed by atoms with E-state index >= 15 is 0 Å². The largest absolute Gasteiger partial charge is 0.461 e. The van der Waals surface area contributed by atoms with Gasteiger partial charge in [-0.3, -0.25) is 14.4 Å². The van der Waals surface area contributed by atoms with Crippen LogP contribution < -0.4 is 11.1 Å². The van der Waals surface area contributed by atoms with Gasteiger partial charge in [-0.1, -0.05) is 30.3 Å². The molecule has 0 aliphatic heterocycles. The molecule has 2 amide bonds. The number of carbonyl (C=O) groups excluding carboxylic acids is 3. The van der Waals surface area contributed by atoms with E-state index in [1.807, 2.05) is 6.07 Å². The highest BCUT2D eigenvalue weighted by Gasteiger charge is 2.22. The Balaban J connectivity index is 1.89. The maximum Gasteiger partial charge on any atom is 0.308 e. The zero-order valence-electron chi connectivity index (χ0n) is 14.3. The van der Waals surface area contributed by atoms with Gasteiger partial charge >= 0.3 is 5.97 Å². The number of hydrogen-bond donors (Lipinski definition) is 2. The number of primary amides is 1. The molecule has 142 valence electrons. The van der Waals surface area contributed by atoms with Crippen molar-refractivity contribution >= 4 is 17.8 Å². The molecule has 0 radical (unpaired) electrons. The number of amides is 2. The topological polar surface area (TPSA) is 98.5 Å². The van der Waals surface area contributed by atoms with Crippen LogP contribution in [0, 0.1) is 11.6 Å². The third-order valence-corrected chi connectivity index (χ3v) is 3.58. The third-order valence-electron chi connectivity index (χ3n) is 3.58. The van der Waals surface area contributed by atoms with Crippen LogP contribution in [0.2, 0.25) is 0 Å². The smallest absolute Gasteiger partial charge is 0.308 e. The number of esters is 1. The molecule has 0 fully saturated rings. The van der Waals surface area contributed by atoms with E-state index in [2.05, 4.69) is 5.32 Å². The molecule has 0 unspecified atom stereocenters. The van der Waals surface area contributed by atoms with E-state index in [1.165, 1.54) is 0 Å². The predicted molar refractivity (Wildman–Crippen MR) is 92.0 cm³/mol. The molecular formula is C19H18F2N2O4. The Morgan fingerprint density at radius 2 is 1.63 bits per heavy atom. The normalized spacial score (nSPS) is 11.5. The van der Waals surface area contributed by atoms with Crippen molar-refractivity contribution in [3.05, 3.63) is 71.3 Å². The lowest BCUT2D eigenvalue weighted by Crippen LogP contribution is -2.46. The predicted octanol–water partition coefficient (Wildman–Crippen LogP) is 1.61. The minimum absolute atomic E-state index is 0.0155. The summed E-state index contributed by atoms with van der Waals surface area (Å²) in [4.78, 5) is 35.4. The third kappa shape index (κ3) is 6.85. The molecule has 2 aromatic rings. The first-order valence-electron chi connectivity index (χ1n) is 8.06. The number of ether oxygens (including phenoxy) is 1. The second kappa shape index (κ2) is 9.42. The number of benzene rings is 2. The molecule has 0 bridgehead atoms. The second-order valence-corrected chi connectivity index (χ2v) is 5.83. The zero-order chi connectivity index (χ0) is 19.8. The SMILES string of the molecule is NC(=O)[C@H](CC(=O)OCc1ccccc1)NC(=O)Cc1cc(F)cc(F)c1. The summed E-state index contributed by atoms with van der Waals surface area (Å²) in [5.41, 5.74) is 6.05. The monoisotopic (exact) mass is 376 g/mol. The molecule has 0 saturated heterocycles. The zero-order valence-corrected chi connectivity index (χ0v) is 14.3. The lowest BCUT2D eigenvalue weighted by Gasteiger charge is -2.15. The summed E-state index contributed by atoms with van der Waals surface area (Å²) in [7, 11) is 0. The number of rotatable bonds is 8. The van der Waals surface area contributed by atoms with Crippen LogP contribution in [0.25, 0.3) is 0 Å². The van der Waals surface area contributed by atoms with Gasteiger partial charge in [-0.2, -0.15) is 0 Å². The van der Waals surface area contributed by atoms with Crippen LogP contribution in [0.15, 0.2) is 48.5 Å². The molecule has 6 nitrogen and oxygen atoms in total. The highest BCUT2D eigenvalue weighted by Crippen LogP contribution is 2.09. The second-order valence-electron chi connectivity index (χ2n) is 5.83. The molecule has 0 aromatic heterocycles. The maximum atomic E-state index is 13.2. The molecular weight excluding hydrogens is 358 g/mol.